The number of aryl methyl sites for hydroxylation is 2. The number of carbonyl (C=O) groups is 2. The van der Waals surface area contributed by atoms with Crippen LogP contribution in [0.15, 0.2) is 83.8 Å². The molecule has 3 rings (SSSR count). The number of carbonyl (C=O) groups excluding carboxylic acids is 2. The van der Waals surface area contributed by atoms with E-state index in [1.165, 1.54) is 17.0 Å². The van der Waals surface area contributed by atoms with Gasteiger partial charge < -0.3 is 10.2 Å². The zero-order chi connectivity index (χ0) is 27.0. The summed E-state index contributed by atoms with van der Waals surface area (Å²) >= 11 is 0. The van der Waals surface area contributed by atoms with Crippen LogP contribution in [0.2, 0.25) is 0 Å². The molecule has 1 N–H and O–H groups in total. The molecule has 0 bridgehead atoms. The average Bonchev–Trinajstić information content (AvgIpc) is 2.88. The van der Waals surface area contributed by atoms with Gasteiger partial charge in [-0.05, 0) is 62.6 Å². The second-order valence-corrected chi connectivity index (χ2v) is 11.0. The lowest BCUT2D eigenvalue weighted by molar-refractivity contribution is -0.139. The van der Waals surface area contributed by atoms with Gasteiger partial charge in [0, 0.05) is 13.1 Å². The predicted octanol–water partition coefficient (Wildman–Crippen LogP) is 4.44. The van der Waals surface area contributed by atoms with Crippen LogP contribution in [0.4, 0.5) is 5.69 Å². The quantitative estimate of drug-likeness (QED) is 0.404. The van der Waals surface area contributed by atoms with Crippen LogP contribution < -0.4 is 9.62 Å². The van der Waals surface area contributed by atoms with Crippen molar-refractivity contribution in [3.63, 3.8) is 0 Å². The second kappa shape index (κ2) is 12.5. The van der Waals surface area contributed by atoms with Gasteiger partial charge in [-0.3, -0.25) is 13.9 Å². The Labute approximate surface area is 220 Å². The summed E-state index contributed by atoms with van der Waals surface area (Å²) in [7, 11) is -4.05. The van der Waals surface area contributed by atoms with Crippen LogP contribution in [-0.4, -0.2) is 44.3 Å². The molecule has 2 amide bonds. The Morgan fingerprint density at radius 3 is 2.16 bits per heavy atom. The van der Waals surface area contributed by atoms with Crippen molar-refractivity contribution in [2.75, 3.05) is 17.4 Å². The molecule has 8 heteroatoms. The van der Waals surface area contributed by atoms with Crippen LogP contribution in [0, 0.1) is 13.8 Å². The van der Waals surface area contributed by atoms with Crippen molar-refractivity contribution in [1.82, 2.24) is 10.2 Å². The number of hydrogen-bond donors (Lipinski definition) is 1. The summed E-state index contributed by atoms with van der Waals surface area (Å²) in [6, 6.07) is 22.0. The normalized spacial score (nSPS) is 12.0. The third-order valence-electron chi connectivity index (χ3n) is 6.05. The number of rotatable bonds is 11. The van der Waals surface area contributed by atoms with Gasteiger partial charge in [0.25, 0.3) is 10.0 Å². The summed E-state index contributed by atoms with van der Waals surface area (Å²) in [6.45, 7) is 7.66. The highest BCUT2D eigenvalue weighted by Crippen LogP contribution is 2.25. The summed E-state index contributed by atoms with van der Waals surface area (Å²) in [5.74, 6) is -0.752. The first-order chi connectivity index (χ1) is 17.6. The van der Waals surface area contributed by atoms with Crippen molar-refractivity contribution >= 4 is 27.5 Å². The number of sulfonamides is 1. The molecule has 0 heterocycles. The highest BCUT2D eigenvalue weighted by molar-refractivity contribution is 7.92. The minimum Gasteiger partial charge on any atom is -0.354 e. The summed E-state index contributed by atoms with van der Waals surface area (Å²) in [6.07, 6.45) is 0.765. The maximum Gasteiger partial charge on any atom is 0.264 e. The van der Waals surface area contributed by atoms with Gasteiger partial charge in [-0.1, -0.05) is 67.1 Å². The van der Waals surface area contributed by atoms with Gasteiger partial charge in [-0.2, -0.15) is 0 Å². The third kappa shape index (κ3) is 7.20. The van der Waals surface area contributed by atoms with E-state index in [1.807, 2.05) is 51.1 Å². The fourth-order valence-electron chi connectivity index (χ4n) is 4.02. The summed E-state index contributed by atoms with van der Waals surface area (Å²) in [5, 5.41) is 2.85. The van der Waals surface area contributed by atoms with E-state index in [-0.39, 0.29) is 17.3 Å². The number of amides is 2. The predicted molar refractivity (Wildman–Crippen MR) is 147 cm³/mol. The van der Waals surface area contributed by atoms with E-state index >= 15 is 0 Å². The third-order valence-corrected chi connectivity index (χ3v) is 7.84. The van der Waals surface area contributed by atoms with E-state index in [1.54, 1.807) is 43.3 Å². The molecule has 7 nitrogen and oxygen atoms in total. The summed E-state index contributed by atoms with van der Waals surface area (Å²) < 4.78 is 28.6. The van der Waals surface area contributed by atoms with Crippen molar-refractivity contribution in [3.05, 3.63) is 95.6 Å². The molecular formula is C29H35N3O4S. The Bertz CT molecular complexity index is 1330. The lowest BCUT2D eigenvalue weighted by Crippen LogP contribution is -2.51. The second-order valence-electron chi connectivity index (χ2n) is 9.14. The van der Waals surface area contributed by atoms with Crippen LogP contribution >= 0.6 is 0 Å². The first-order valence-corrected chi connectivity index (χ1v) is 13.8. The van der Waals surface area contributed by atoms with Crippen LogP contribution in [0.3, 0.4) is 0 Å². The molecule has 3 aromatic rings. The lowest BCUT2D eigenvalue weighted by atomic mass is 10.1. The molecule has 0 aliphatic rings. The fourth-order valence-corrected chi connectivity index (χ4v) is 5.44. The van der Waals surface area contributed by atoms with Gasteiger partial charge in [-0.25, -0.2) is 8.42 Å². The van der Waals surface area contributed by atoms with Crippen molar-refractivity contribution in [1.29, 1.82) is 0 Å². The van der Waals surface area contributed by atoms with E-state index < -0.39 is 28.5 Å². The molecule has 0 saturated carbocycles. The topological polar surface area (TPSA) is 86.8 Å². The minimum atomic E-state index is -4.05. The molecular weight excluding hydrogens is 486 g/mol. The number of nitrogens with zero attached hydrogens (tertiary/aromatic N) is 2. The Hall–Kier alpha value is -3.65. The Morgan fingerprint density at radius 1 is 0.892 bits per heavy atom. The first kappa shape index (κ1) is 27.9. The molecule has 0 aliphatic carbocycles. The largest absolute Gasteiger partial charge is 0.354 e. The molecule has 0 radical (unpaired) electrons. The van der Waals surface area contributed by atoms with Gasteiger partial charge >= 0.3 is 0 Å². The Balaban J connectivity index is 2.01. The molecule has 0 aromatic heterocycles. The fraction of sp³-hybridized carbons (Fsp3) is 0.310. The van der Waals surface area contributed by atoms with Crippen molar-refractivity contribution < 1.29 is 18.0 Å². The highest BCUT2D eigenvalue weighted by atomic mass is 32.2. The van der Waals surface area contributed by atoms with Crippen LogP contribution in [0.5, 0.6) is 0 Å². The molecule has 196 valence electrons. The van der Waals surface area contributed by atoms with Crippen molar-refractivity contribution in [3.8, 4) is 0 Å². The van der Waals surface area contributed by atoms with E-state index in [2.05, 4.69) is 5.32 Å². The van der Waals surface area contributed by atoms with Gasteiger partial charge in [0.1, 0.15) is 12.6 Å². The average molecular weight is 522 g/mol. The van der Waals surface area contributed by atoms with Crippen LogP contribution in [0.25, 0.3) is 0 Å². The molecule has 0 unspecified atom stereocenters. The minimum absolute atomic E-state index is 0.0864. The standard InChI is InChI=1S/C29H35N3O4S/c1-5-17-30-29(34)24(4)31(20-25-13-9-11-22(2)18-25)28(33)21-32(26-14-10-12-23(3)19-26)37(35,36)27-15-7-6-8-16-27/h6-16,18-19,24H,5,17,20-21H2,1-4H3,(H,30,34)/t24-/m0/s1. The smallest absolute Gasteiger partial charge is 0.264 e. The zero-order valence-electron chi connectivity index (χ0n) is 21.8. The molecule has 0 saturated heterocycles. The molecule has 0 aliphatic heterocycles. The maximum absolute atomic E-state index is 13.8. The first-order valence-electron chi connectivity index (χ1n) is 12.4. The molecule has 1 atom stereocenters. The number of anilines is 1. The SMILES string of the molecule is CCCNC(=O)[C@H](C)N(Cc1cccc(C)c1)C(=O)CN(c1cccc(C)c1)S(=O)(=O)c1ccccc1. The van der Waals surface area contributed by atoms with E-state index in [0.717, 1.165) is 27.4 Å². The van der Waals surface area contributed by atoms with Gasteiger partial charge in [-0.15, -0.1) is 0 Å². The summed E-state index contributed by atoms with van der Waals surface area (Å²) in [5.41, 5.74) is 3.13. The molecule has 3 aromatic carbocycles. The van der Waals surface area contributed by atoms with Gasteiger partial charge in [0.15, 0.2) is 0 Å². The van der Waals surface area contributed by atoms with E-state index in [4.69, 9.17) is 0 Å². The summed E-state index contributed by atoms with van der Waals surface area (Å²) in [4.78, 5) is 28.3. The molecule has 0 spiro atoms. The van der Waals surface area contributed by atoms with E-state index in [9.17, 15) is 18.0 Å². The zero-order valence-corrected chi connectivity index (χ0v) is 22.7. The van der Waals surface area contributed by atoms with Crippen molar-refractivity contribution in [2.45, 2.75) is 51.6 Å². The number of nitrogens with one attached hydrogen (secondary N) is 1. The van der Waals surface area contributed by atoms with Crippen molar-refractivity contribution in [2.24, 2.45) is 0 Å². The maximum atomic E-state index is 13.8. The number of benzene rings is 3. The Kier molecular flexibility index (Phi) is 9.47. The molecule has 37 heavy (non-hydrogen) atoms. The lowest BCUT2D eigenvalue weighted by Gasteiger charge is -2.32. The number of hydrogen-bond acceptors (Lipinski definition) is 4. The highest BCUT2D eigenvalue weighted by Gasteiger charge is 2.32. The Morgan fingerprint density at radius 2 is 1.54 bits per heavy atom. The molecule has 0 fully saturated rings. The van der Waals surface area contributed by atoms with Gasteiger partial charge in [0.2, 0.25) is 11.8 Å². The monoisotopic (exact) mass is 521 g/mol. The van der Waals surface area contributed by atoms with Crippen LogP contribution in [-0.2, 0) is 26.2 Å². The van der Waals surface area contributed by atoms with Crippen LogP contribution in [0.1, 0.15) is 37.0 Å². The van der Waals surface area contributed by atoms with Gasteiger partial charge in [0.05, 0.1) is 10.6 Å². The van der Waals surface area contributed by atoms with E-state index in [0.29, 0.717) is 12.2 Å².